The molecule has 0 aromatic carbocycles. The molecule has 0 aliphatic heterocycles. The quantitative estimate of drug-likeness (QED) is 0.646. The van der Waals surface area contributed by atoms with Crippen molar-refractivity contribution in [2.75, 3.05) is 18.4 Å². The number of anilines is 1. The molecule has 6 heteroatoms. The summed E-state index contributed by atoms with van der Waals surface area (Å²) in [7, 11) is 0. The number of rotatable bonds is 5. The van der Waals surface area contributed by atoms with Crippen LogP contribution in [0.1, 0.15) is 32.9 Å². The van der Waals surface area contributed by atoms with Gasteiger partial charge in [0.25, 0.3) is 0 Å². The fourth-order valence-corrected chi connectivity index (χ4v) is 1.72. The number of aryl methyl sites for hydroxylation is 1. The minimum Gasteiger partial charge on any atom is -0.444 e. The highest BCUT2D eigenvalue weighted by atomic mass is 35.5. The van der Waals surface area contributed by atoms with E-state index in [9.17, 15) is 4.79 Å². The summed E-state index contributed by atoms with van der Waals surface area (Å²) in [6.45, 7) is 8.70. The molecule has 0 spiro atoms. The van der Waals surface area contributed by atoms with Gasteiger partial charge in [-0.25, -0.2) is 9.78 Å². The number of pyridine rings is 1. The summed E-state index contributed by atoms with van der Waals surface area (Å²) in [5.41, 5.74) is 1.35. The number of aromatic nitrogens is 1. The smallest absolute Gasteiger partial charge is 0.407 e. The second-order valence-electron chi connectivity index (χ2n) is 5.48. The van der Waals surface area contributed by atoms with E-state index >= 15 is 0 Å². The molecule has 1 aromatic rings. The summed E-state index contributed by atoms with van der Waals surface area (Å²) >= 11 is 5.79. The first-order valence-corrected chi connectivity index (χ1v) is 6.99. The number of halogens is 1. The van der Waals surface area contributed by atoms with Crippen LogP contribution in [0.2, 0.25) is 5.15 Å². The van der Waals surface area contributed by atoms with Gasteiger partial charge in [0, 0.05) is 13.1 Å². The first-order valence-electron chi connectivity index (χ1n) is 6.62. The highest BCUT2D eigenvalue weighted by Crippen LogP contribution is 2.15. The minimum absolute atomic E-state index is 0.387. The van der Waals surface area contributed by atoms with E-state index in [1.165, 1.54) is 0 Å². The van der Waals surface area contributed by atoms with E-state index in [4.69, 9.17) is 16.3 Å². The molecule has 0 bridgehead atoms. The van der Waals surface area contributed by atoms with Gasteiger partial charge in [0.15, 0.2) is 0 Å². The molecule has 1 aromatic heterocycles. The minimum atomic E-state index is -0.464. The van der Waals surface area contributed by atoms with E-state index < -0.39 is 5.60 Å². The number of amides is 1. The van der Waals surface area contributed by atoms with Crippen LogP contribution in [0.25, 0.3) is 0 Å². The normalized spacial score (nSPS) is 11.1. The van der Waals surface area contributed by atoms with Crippen molar-refractivity contribution in [2.45, 2.75) is 39.7 Å². The van der Waals surface area contributed by atoms with Crippen molar-refractivity contribution in [3.05, 3.63) is 23.0 Å². The average Bonchev–Trinajstić information content (AvgIpc) is 2.28. The maximum atomic E-state index is 11.4. The van der Waals surface area contributed by atoms with Crippen LogP contribution in [0.4, 0.5) is 10.5 Å². The summed E-state index contributed by atoms with van der Waals surface area (Å²) in [5, 5.41) is 6.45. The van der Waals surface area contributed by atoms with Crippen molar-refractivity contribution in [1.29, 1.82) is 0 Å². The van der Waals surface area contributed by atoms with E-state index in [0.717, 1.165) is 24.3 Å². The second kappa shape index (κ2) is 7.33. The molecule has 0 saturated heterocycles. The van der Waals surface area contributed by atoms with Gasteiger partial charge in [0.2, 0.25) is 0 Å². The highest BCUT2D eigenvalue weighted by molar-refractivity contribution is 6.29. The van der Waals surface area contributed by atoms with Crippen LogP contribution in [0.3, 0.4) is 0 Å². The monoisotopic (exact) mass is 299 g/mol. The van der Waals surface area contributed by atoms with E-state index in [-0.39, 0.29) is 6.09 Å². The number of carbonyl (C=O) groups is 1. The summed E-state index contributed by atoms with van der Waals surface area (Å²) in [6, 6.07) is 3.64. The van der Waals surface area contributed by atoms with Crippen molar-refractivity contribution >= 4 is 23.4 Å². The molecule has 0 aliphatic carbocycles. The largest absolute Gasteiger partial charge is 0.444 e. The lowest BCUT2D eigenvalue weighted by atomic mass is 10.2. The molecular weight excluding hydrogens is 278 g/mol. The lowest BCUT2D eigenvalue weighted by molar-refractivity contribution is 0.0528. The van der Waals surface area contributed by atoms with E-state index in [0.29, 0.717) is 11.7 Å². The number of ether oxygens (including phenoxy) is 1. The third kappa shape index (κ3) is 6.61. The molecule has 2 N–H and O–H groups in total. The predicted molar refractivity (Wildman–Crippen MR) is 81.3 cm³/mol. The highest BCUT2D eigenvalue weighted by Gasteiger charge is 2.15. The van der Waals surface area contributed by atoms with Crippen LogP contribution in [-0.4, -0.2) is 29.8 Å². The van der Waals surface area contributed by atoms with Crippen LogP contribution >= 0.6 is 11.6 Å². The summed E-state index contributed by atoms with van der Waals surface area (Å²) in [5.74, 6) is 0. The molecule has 0 aliphatic rings. The average molecular weight is 300 g/mol. The Balaban J connectivity index is 2.21. The number of carbonyl (C=O) groups excluding carboxylic acids is 1. The lowest BCUT2D eigenvalue weighted by Crippen LogP contribution is -2.33. The molecule has 0 radical (unpaired) electrons. The molecular formula is C14H22ClN3O2. The topological polar surface area (TPSA) is 63.2 Å². The third-order valence-electron chi connectivity index (χ3n) is 2.39. The standard InChI is InChI=1S/C14H22ClN3O2/c1-10-11(6-7-12(15)18-10)16-8-5-9-17-13(19)20-14(2,3)4/h6-7,16H,5,8-9H2,1-4H3,(H,17,19). The molecule has 20 heavy (non-hydrogen) atoms. The van der Waals surface area contributed by atoms with Gasteiger partial charge < -0.3 is 15.4 Å². The molecule has 0 fully saturated rings. The Morgan fingerprint density at radius 3 is 2.65 bits per heavy atom. The number of hydrogen-bond acceptors (Lipinski definition) is 4. The Morgan fingerprint density at radius 2 is 2.05 bits per heavy atom. The van der Waals surface area contributed by atoms with Crippen molar-refractivity contribution < 1.29 is 9.53 Å². The van der Waals surface area contributed by atoms with Crippen LogP contribution in [0.5, 0.6) is 0 Å². The summed E-state index contributed by atoms with van der Waals surface area (Å²) < 4.78 is 5.14. The molecule has 5 nitrogen and oxygen atoms in total. The Kier molecular flexibility index (Phi) is 6.07. The van der Waals surface area contributed by atoms with Crippen LogP contribution < -0.4 is 10.6 Å². The molecule has 112 valence electrons. The van der Waals surface area contributed by atoms with Gasteiger partial charge in [-0.15, -0.1) is 0 Å². The fraction of sp³-hybridized carbons (Fsp3) is 0.571. The predicted octanol–water partition coefficient (Wildman–Crippen LogP) is 3.37. The van der Waals surface area contributed by atoms with Crippen LogP contribution in [0, 0.1) is 6.92 Å². The Morgan fingerprint density at radius 1 is 1.35 bits per heavy atom. The molecule has 0 saturated carbocycles. The molecule has 0 atom stereocenters. The number of hydrogen-bond donors (Lipinski definition) is 2. The van der Waals surface area contributed by atoms with Crippen molar-refractivity contribution in [3.63, 3.8) is 0 Å². The Hall–Kier alpha value is -1.49. The number of nitrogens with zero attached hydrogens (tertiary/aromatic N) is 1. The second-order valence-corrected chi connectivity index (χ2v) is 5.86. The SMILES string of the molecule is Cc1nc(Cl)ccc1NCCCNC(=O)OC(C)(C)C. The van der Waals surface area contributed by atoms with Gasteiger partial charge in [0.1, 0.15) is 10.8 Å². The zero-order valence-electron chi connectivity index (χ0n) is 12.4. The van der Waals surface area contributed by atoms with E-state index in [1.54, 1.807) is 6.07 Å². The Bertz CT molecular complexity index is 458. The van der Waals surface area contributed by atoms with Gasteiger partial charge in [0.05, 0.1) is 11.4 Å². The van der Waals surface area contributed by atoms with Crippen molar-refractivity contribution in [3.8, 4) is 0 Å². The number of alkyl carbamates (subject to hydrolysis) is 1. The molecule has 1 heterocycles. The van der Waals surface area contributed by atoms with Crippen molar-refractivity contribution in [2.24, 2.45) is 0 Å². The van der Waals surface area contributed by atoms with Gasteiger partial charge in [-0.3, -0.25) is 0 Å². The number of nitrogens with one attached hydrogen (secondary N) is 2. The van der Waals surface area contributed by atoms with Crippen LogP contribution in [0.15, 0.2) is 12.1 Å². The Labute approximate surface area is 125 Å². The first kappa shape index (κ1) is 16.6. The van der Waals surface area contributed by atoms with Crippen LogP contribution in [-0.2, 0) is 4.74 Å². The van der Waals surface area contributed by atoms with Gasteiger partial charge in [-0.05, 0) is 46.2 Å². The molecule has 1 rings (SSSR count). The maximum Gasteiger partial charge on any atom is 0.407 e. The van der Waals surface area contributed by atoms with Gasteiger partial charge >= 0.3 is 6.09 Å². The first-order chi connectivity index (χ1) is 9.28. The maximum absolute atomic E-state index is 11.4. The fourth-order valence-electron chi connectivity index (χ4n) is 1.53. The van der Waals surface area contributed by atoms with E-state index in [1.807, 2.05) is 33.8 Å². The zero-order valence-corrected chi connectivity index (χ0v) is 13.2. The molecule has 0 unspecified atom stereocenters. The van der Waals surface area contributed by atoms with E-state index in [2.05, 4.69) is 15.6 Å². The zero-order chi connectivity index (χ0) is 15.2. The summed E-state index contributed by atoms with van der Waals surface area (Å²) in [4.78, 5) is 15.6. The van der Waals surface area contributed by atoms with Gasteiger partial charge in [-0.1, -0.05) is 11.6 Å². The summed E-state index contributed by atoms with van der Waals surface area (Å²) in [6.07, 6.45) is 0.406. The van der Waals surface area contributed by atoms with Gasteiger partial charge in [-0.2, -0.15) is 0 Å². The van der Waals surface area contributed by atoms with Crippen molar-refractivity contribution in [1.82, 2.24) is 10.3 Å². The third-order valence-corrected chi connectivity index (χ3v) is 2.60. The lowest BCUT2D eigenvalue weighted by Gasteiger charge is -2.19. The molecule has 1 amide bonds.